The van der Waals surface area contributed by atoms with Crippen LogP contribution in [0.15, 0.2) is 24.3 Å². The van der Waals surface area contributed by atoms with Crippen molar-refractivity contribution < 1.29 is 12.8 Å². The second-order valence-corrected chi connectivity index (χ2v) is 5.98. The summed E-state index contributed by atoms with van der Waals surface area (Å²) >= 11 is 0. The van der Waals surface area contributed by atoms with E-state index in [1.807, 2.05) is 0 Å². The van der Waals surface area contributed by atoms with Crippen LogP contribution < -0.4 is 4.72 Å². The first-order valence-corrected chi connectivity index (χ1v) is 7.40. The molecule has 0 aliphatic carbocycles. The van der Waals surface area contributed by atoms with Gasteiger partial charge >= 0.3 is 0 Å². The van der Waals surface area contributed by atoms with Crippen molar-refractivity contribution in [1.82, 2.24) is 4.72 Å². The summed E-state index contributed by atoms with van der Waals surface area (Å²) in [6.45, 7) is 2.08. The van der Waals surface area contributed by atoms with E-state index in [-0.39, 0.29) is 11.6 Å². The van der Waals surface area contributed by atoms with E-state index in [1.54, 1.807) is 19.1 Å². The maximum Gasteiger partial charge on any atom is 0.211 e. The van der Waals surface area contributed by atoms with Gasteiger partial charge in [-0.05, 0) is 43.9 Å². The molecule has 0 saturated carbocycles. The Morgan fingerprint density at radius 2 is 1.82 bits per heavy atom. The topological polar surface area (TPSA) is 46.2 Å². The summed E-state index contributed by atoms with van der Waals surface area (Å²) in [5, 5.41) is 0. The Kier molecular flexibility index (Phi) is 5.58. The monoisotopic (exact) mass is 259 g/mol. The SMILES string of the molecule is CCS(=O)(=O)NCCCCc1ccc(F)cc1. The number of sulfonamides is 1. The lowest BCUT2D eigenvalue weighted by molar-refractivity contribution is 0.578. The highest BCUT2D eigenvalue weighted by Gasteiger charge is 2.04. The molecule has 0 aromatic heterocycles. The maximum absolute atomic E-state index is 12.6. The van der Waals surface area contributed by atoms with Crippen molar-refractivity contribution in [3.05, 3.63) is 35.6 Å². The van der Waals surface area contributed by atoms with Crippen LogP contribution in [0.4, 0.5) is 4.39 Å². The molecular formula is C12H18FNO2S. The summed E-state index contributed by atoms with van der Waals surface area (Å²) in [6, 6.07) is 6.39. The average molecular weight is 259 g/mol. The van der Waals surface area contributed by atoms with Gasteiger partial charge in [-0.15, -0.1) is 0 Å². The van der Waals surface area contributed by atoms with Gasteiger partial charge in [0.05, 0.1) is 5.75 Å². The molecular weight excluding hydrogens is 241 g/mol. The number of halogens is 1. The van der Waals surface area contributed by atoms with E-state index < -0.39 is 10.0 Å². The van der Waals surface area contributed by atoms with E-state index in [0.29, 0.717) is 6.54 Å². The Balaban J connectivity index is 2.19. The van der Waals surface area contributed by atoms with Crippen LogP contribution in [0.25, 0.3) is 0 Å². The maximum atomic E-state index is 12.6. The third kappa shape index (κ3) is 5.79. The predicted octanol–water partition coefficient (Wildman–Crippen LogP) is 2.09. The number of hydrogen-bond acceptors (Lipinski definition) is 2. The van der Waals surface area contributed by atoms with Crippen LogP contribution in [0.3, 0.4) is 0 Å². The van der Waals surface area contributed by atoms with E-state index in [9.17, 15) is 12.8 Å². The summed E-state index contributed by atoms with van der Waals surface area (Å²) in [5.74, 6) is -0.116. The molecule has 17 heavy (non-hydrogen) atoms. The van der Waals surface area contributed by atoms with Gasteiger partial charge in [0, 0.05) is 6.54 Å². The first-order chi connectivity index (χ1) is 8.03. The number of benzene rings is 1. The van der Waals surface area contributed by atoms with E-state index >= 15 is 0 Å². The van der Waals surface area contributed by atoms with Gasteiger partial charge in [-0.25, -0.2) is 17.5 Å². The molecule has 0 amide bonds. The minimum absolute atomic E-state index is 0.116. The molecule has 96 valence electrons. The van der Waals surface area contributed by atoms with Crippen molar-refractivity contribution in [1.29, 1.82) is 0 Å². The molecule has 0 bridgehead atoms. The van der Waals surface area contributed by atoms with Crippen LogP contribution in [0, 0.1) is 5.82 Å². The van der Waals surface area contributed by atoms with Gasteiger partial charge < -0.3 is 0 Å². The standard InChI is InChI=1S/C12H18FNO2S/c1-2-17(15,16)14-10-4-3-5-11-6-8-12(13)9-7-11/h6-9,14H,2-5,10H2,1H3. The molecule has 1 aromatic rings. The van der Waals surface area contributed by atoms with E-state index in [4.69, 9.17) is 0 Å². The zero-order valence-electron chi connectivity index (χ0n) is 9.95. The normalized spacial score (nSPS) is 11.6. The highest BCUT2D eigenvalue weighted by atomic mass is 32.2. The summed E-state index contributed by atoms with van der Waals surface area (Å²) in [5.41, 5.74) is 1.07. The van der Waals surface area contributed by atoms with Crippen molar-refractivity contribution in [3.63, 3.8) is 0 Å². The molecule has 3 nitrogen and oxygen atoms in total. The highest BCUT2D eigenvalue weighted by molar-refractivity contribution is 7.89. The number of unbranched alkanes of at least 4 members (excludes halogenated alkanes) is 1. The zero-order valence-corrected chi connectivity index (χ0v) is 10.8. The van der Waals surface area contributed by atoms with Crippen molar-refractivity contribution in [2.24, 2.45) is 0 Å². The fourth-order valence-corrected chi connectivity index (χ4v) is 2.09. The van der Waals surface area contributed by atoms with Gasteiger partial charge in [0.1, 0.15) is 5.82 Å². The van der Waals surface area contributed by atoms with E-state index in [0.717, 1.165) is 24.8 Å². The van der Waals surface area contributed by atoms with Gasteiger partial charge in [0.15, 0.2) is 0 Å². The van der Waals surface area contributed by atoms with Crippen LogP contribution >= 0.6 is 0 Å². The van der Waals surface area contributed by atoms with Gasteiger partial charge in [-0.1, -0.05) is 12.1 Å². The molecule has 0 unspecified atom stereocenters. The number of hydrogen-bond donors (Lipinski definition) is 1. The third-order valence-corrected chi connectivity index (χ3v) is 3.91. The fraction of sp³-hybridized carbons (Fsp3) is 0.500. The number of aryl methyl sites for hydroxylation is 1. The first kappa shape index (κ1) is 14.1. The van der Waals surface area contributed by atoms with Gasteiger partial charge in [-0.2, -0.15) is 0 Å². The minimum Gasteiger partial charge on any atom is -0.215 e. The Labute approximate surface area is 102 Å². The van der Waals surface area contributed by atoms with Crippen LogP contribution in [0.5, 0.6) is 0 Å². The fourth-order valence-electron chi connectivity index (χ4n) is 1.43. The van der Waals surface area contributed by atoms with Gasteiger partial charge in [0.25, 0.3) is 0 Å². The molecule has 0 aliphatic heterocycles. The molecule has 1 N–H and O–H groups in total. The molecule has 0 spiro atoms. The lowest BCUT2D eigenvalue weighted by Gasteiger charge is -2.04. The molecule has 0 aliphatic rings. The zero-order chi connectivity index (χ0) is 12.7. The predicted molar refractivity (Wildman–Crippen MR) is 66.8 cm³/mol. The average Bonchev–Trinajstić information content (AvgIpc) is 2.31. The second-order valence-electron chi connectivity index (χ2n) is 3.88. The van der Waals surface area contributed by atoms with Crippen molar-refractivity contribution >= 4 is 10.0 Å². The van der Waals surface area contributed by atoms with E-state index in [1.165, 1.54) is 12.1 Å². The quantitative estimate of drug-likeness (QED) is 0.762. The molecule has 0 radical (unpaired) electrons. The molecule has 1 rings (SSSR count). The van der Waals surface area contributed by atoms with Crippen LogP contribution in [0.2, 0.25) is 0 Å². The molecule has 5 heteroatoms. The van der Waals surface area contributed by atoms with Crippen molar-refractivity contribution in [2.45, 2.75) is 26.2 Å². The van der Waals surface area contributed by atoms with Crippen LogP contribution in [0.1, 0.15) is 25.3 Å². The Bertz CT molecular complexity index is 428. The Morgan fingerprint density at radius 3 is 2.41 bits per heavy atom. The van der Waals surface area contributed by atoms with Crippen molar-refractivity contribution in [3.8, 4) is 0 Å². The molecule has 0 heterocycles. The smallest absolute Gasteiger partial charge is 0.211 e. The molecule has 0 saturated heterocycles. The van der Waals surface area contributed by atoms with Crippen LogP contribution in [-0.4, -0.2) is 20.7 Å². The Morgan fingerprint density at radius 1 is 1.18 bits per heavy atom. The minimum atomic E-state index is -3.07. The molecule has 0 atom stereocenters. The lowest BCUT2D eigenvalue weighted by Crippen LogP contribution is -2.26. The molecule has 0 fully saturated rings. The second kappa shape index (κ2) is 6.71. The summed E-state index contributed by atoms with van der Waals surface area (Å²) in [4.78, 5) is 0. The highest BCUT2D eigenvalue weighted by Crippen LogP contribution is 2.06. The summed E-state index contributed by atoms with van der Waals surface area (Å²) in [6.07, 6.45) is 2.52. The Hall–Kier alpha value is -0.940. The van der Waals surface area contributed by atoms with Crippen LogP contribution in [-0.2, 0) is 16.4 Å². The number of nitrogens with one attached hydrogen (secondary N) is 1. The molecule has 1 aromatic carbocycles. The van der Waals surface area contributed by atoms with E-state index in [2.05, 4.69) is 4.72 Å². The van der Waals surface area contributed by atoms with Crippen molar-refractivity contribution in [2.75, 3.05) is 12.3 Å². The van der Waals surface area contributed by atoms with Gasteiger partial charge in [-0.3, -0.25) is 0 Å². The first-order valence-electron chi connectivity index (χ1n) is 5.75. The lowest BCUT2D eigenvalue weighted by atomic mass is 10.1. The third-order valence-electron chi connectivity index (χ3n) is 2.51. The largest absolute Gasteiger partial charge is 0.215 e. The summed E-state index contributed by atoms with van der Waals surface area (Å²) < 4.78 is 37.4. The summed E-state index contributed by atoms with van der Waals surface area (Å²) in [7, 11) is -3.07. The van der Waals surface area contributed by atoms with Gasteiger partial charge in [0.2, 0.25) is 10.0 Å². The number of rotatable bonds is 7.